The molecule has 0 bridgehead atoms. The molecule has 1 aromatic rings. The second kappa shape index (κ2) is 7.77. The quantitative estimate of drug-likeness (QED) is 0.905. The van der Waals surface area contributed by atoms with Gasteiger partial charge in [0.2, 0.25) is 0 Å². The number of hydrogen-bond donors (Lipinski definition) is 1. The van der Waals surface area contributed by atoms with Gasteiger partial charge in [0.15, 0.2) is 0 Å². The molecule has 0 aliphatic carbocycles. The first-order valence-electron chi connectivity index (χ1n) is 7.29. The molecule has 1 aromatic heterocycles. The van der Waals surface area contributed by atoms with Crippen LogP contribution in [-0.2, 0) is 15.9 Å². The van der Waals surface area contributed by atoms with Crippen molar-refractivity contribution in [2.75, 3.05) is 33.4 Å². The molecular formula is C15H24N2O3S. The molecule has 0 radical (unpaired) electrons. The number of rotatable bonds is 5. The molecule has 1 N–H and O–H groups in total. The second-order valence-corrected chi connectivity index (χ2v) is 6.83. The number of carbonyl (C=O) groups is 1. The number of ether oxygens (including phenoxy) is 2. The number of nitrogens with one attached hydrogen (secondary N) is 1. The highest BCUT2D eigenvalue weighted by molar-refractivity contribution is 7.11. The van der Waals surface area contributed by atoms with Gasteiger partial charge in [0.05, 0.1) is 25.9 Å². The van der Waals surface area contributed by atoms with Crippen molar-refractivity contribution in [2.24, 2.45) is 0 Å². The molecule has 0 unspecified atom stereocenters. The Morgan fingerprint density at radius 1 is 1.62 bits per heavy atom. The van der Waals surface area contributed by atoms with Gasteiger partial charge in [-0.3, -0.25) is 0 Å². The van der Waals surface area contributed by atoms with E-state index in [1.54, 1.807) is 18.4 Å². The smallest absolute Gasteiger partial charge is 0.317 e. The Hall–Kier alpha value is -1.11. The van der Waals surface area contributed by atoms with Crippen molar-refractivity contribution < 1.29 is 14.3 Å². The molecule has 1 fully saturated rings. The number of thiophene rings is 1. The first-order valence-corrected chi connectivity index (χ1v) is 8.11. The lowest BCUT2D eigenvalue weighted by Crippen LogP contribution is -2.52. The molecule has 21 heavy (non-hydrogen) atoms. The van der Waals surface area contributed by atoms with Crippen LogP contribution in [0.15, 0.2) is 12.1 Å². The van der Waals surface area contributed by atoms with E-state index < -0.39 is 0 Å². The third kappa shape index (κ3) is 4.98. The van der Waals surface area contributed by atoms with E-state index >= 15 is 0 Å². The van der Waals surface area contributed by atoms with Crippen LogP contribution in [0.2, 0.25) is 0 Å². The summed E-state index contributed by atoms with van der Waals surface area (Å²) < 4.78 is 10.6. The van der Waals surface area contributed by atoms with Gasteiger partial charge in [0, 0.05) is 35.9 Å². The molecule has 0 aromatic carbocycles. The van der Waals surface area contributed by atoms with E-state index in [-0.39, 0.29) is 18.2 Å². The highest BCUT2D eigenvalue weighted by Crippen LogP contribution is 2.17. The Bertz CT molecular complexity index is 462. The molecule has 1 aliphatic rings. The molecule has 2 amide bonds. The molecule has 118 valence electrons. The maximum Gasteiger partial charge on any atom is 0.317 e. The molecule has 1 aliphatic heterocycles. The van der Waals surface area contributed by atoms with Crippen LogP contribution in [0, 0.1) is 6.92 Å². The van der Waals surface area contributed by atoms with Gasteiger partial charge in [-0.15, -0.1) is 11.3 Å². The first-order chi connectivity index (χ1) is 10.1. The number of aryl methyl sites for hydroxylation is 1. The van der Waals surface area contributed by atoms with Crippen molar-refractivity contribution in [3.63, 3.8) is 0 Å². The molecular weight excluding hydrogens is 288 g/mol. The molecule has 2 rings (SSSR count). The third-order valence-corrected chi connectivity index (χ3v) is 4.47. The predicted octanol–water partition coefficient (Wildman–Crippen LogP) is 2.04. The normalized spacial score (nSPS) is 20.3. The fourth-order valence-electron chi connectivity index (χ4n) is 2.44. The van der Waals surface area contributed by atoms with Crippen molar-refractivity contribution in [1.82, 2.24) is 10.2 Å². The molecule has 2 atom stereocenters. The fraction of sp³-hybridized carbons (Fsp3) is 0.667. The van der Waals surface area contributed by atoms with Gasteiger partial charge in [-0.2, -0.15) is 0 Å². The van der Waals surface area contributed by atoms with Gasteiger partial charge in [0.1, 0.15) is 0 Å². The number of urea groups is 1. The number of hydrogen-bond acceptors (Lipinski definition) is 4. The lowest BCUT2D eigenvalue weighted by Gasteiger charge is -2.33. The van der Waals surface area contributed by atoms with Crippen molar-refractivity contribution in [2.45, 2.75) is 32.4 Å². The zero-order valence-electron chi connectivity index (χ0n) is 12.9. The van der Waals surface area contributed by atoms with Crippen LogP contribution in [0.1, 0.15) is 16.7 Å². The van der Waals surface area contributed by atoms with Crippen LogP contribution in [0.3, 0.4) is 0 Å². The first kappa shape index (κ1) is 16.3. The van der Waals surface area contributed by atoms with Crippen LogP contribution >= 0.6 is 11.3 Å². The summed E-state index contributed by atoms with van der Waals surface area (Å²) in [5, 5.41) is 3.07. The second-order valence-electron chi connectivity index (χ2n) is 5.46. The van der Waals surface area contributed by atoms with Gasteiger partial charge in [-0.05, 0) is 26.0 Å². The lowest BCUT2D eigenvalue weighted by atomic mass is 10.2. The number of nitrogens with zero attached hydrogens (tertiary/aromatic N) is 1. The van der Waals surface area contributed by atoms with Crippen molar-refractivity contribution in [3.05, 3.63) is 21.9 Å². The third-order valence-electron chi connectivity index (χ3n) is 3.45. The molecule has 5 nitrogen and oxygen atoms in total. The van der Waals surface area contributed by atoms with E-state index in [2.05, 4.69) is 24.4 Å². The van der Waals surface area contributed by atoms with Gasteiger partial charge >= 0.3 is 6.03 Å². The van der Waals surface area contributed by atoms with E-state index in [9.17, 15) is 4.79 Å². The Morgan fingerprint density at radius 3 is 3.10 bits per heavy atom. The maximum atomic E-state index is 12.3. The minimum absolute atomic E-state index is 0.0137. The Labute approximate surface area is 130 Å². The predicted molar refractivity (Wildman–Crippen MR) is 83.9 cm³/mol. The summed E-state index contributed by atoms with van der Waals surface area (Å²) in [5.74, 6) is 0. The Balaban J connectivity index is 1.80. The number of methoxy groups -OCH3 is 1. The van der Waals surface area contributed by atoms with Gasteiger partial charge < -0.3 is 19.7 Å². The van der Waals surface area contributed by atoms with Crippen LogP contribution in [-0.4, -0.2) is 56.5 Å². The number of morpholine rings is 1. The number of carbonyl (C=O) groups excluding carboxylic acids is 1. The van der Waals surface area contributed by atoms with Crippen molar-refractivity contribution >= 4 is 17.4 Å². The maximum absolute atomic E-state index is 12.3. The SMILES string of the molecule is COC[C@@H]1CN(C(=O)N[C@H](C)Cc2ccc(C)s2)CCO1. The molecule has 2 heterocycles. The van der Waals surface area contributed by atoms with E-state index in [0.29, 0.717) is 26.3 Å². The topological polar surface area (TPSA) is 50.8 Å². The lowest BCUT2D eigenvalue weighted by molar-refractivity contribution is -0.0496. The average Bonchev–Trinajstić information content (AvgIpc) is 2.84. The molecule has 1 saturated heterocycles. The van der Waals surface area contributed by atoms with Crippen LogP contribution < -0.4 is 5.32 Å². The van der Waals surface area contributed by atoms with Gasteiger partial charge in [0.25, 0.3) is 0 Å². The largest absolute Gasteiger partial charge is 0.382 e. The summed E-state index contributed by atoms with van der Waals surface area (Å²) in [6.07, 6.45) is 0.848. The van der Waals surface area contributed by atoms with E-state index in [4.69, 9.17) is 9.47 Å². The summed E-state index contributed by atoms with van der Waals surface area (Å²) in [4.78, 5) is 16.7. The minimum atomic E-state index is -0.0234. The van der Waals surface area contributed by atoms with Crippen molar-refractivity contribution in [3.8, 4) is 0 Å². The molecule has 6 heteroatoms. The summed E-state index contributed by atoms with van der Waals surface area (Å²) >= 11 is 1.78. The number of amides is 2. The molecule has 0 spiro atoms. The van der Waals surface area contributed by atoms with Crippen LogP contribution in [0.25, 0.3) is 0 Å². The Kier molecular flexibility index (Phi) is 6.02. The van der Waals surface area contributed by atoms with Gasteiger partial charge in [-0.1, -0.05) is 0 Å². The van der Waals surface area contributed by atoms with Crippen molar-refractivity contribution in [1.29, 1.82) is 0 Å². The Morgan fingerprint density at radius 2 is 2.43 bits per heavy atom. The summed E-state index contributed by atoms with van der Waals surface area (Å²) in [5.41, 5.74) is 0. The fourth-order valence-corrected chi connectivity index (χ4v) is 3.46. The highest BCUT2D eigenvalue weighted by atomic mass is 32.1. The van der Waals surface area contributed by atoms with E-state index in [1.807, 2.05) is 11.8 Å². The zero-order chi connectivity index (χ0) is 15.2. The monoisotopic (exact) mass is 312 g/mol. The zero-order valence-corrected chi connectivity index (χ0v) is 13.7. The molecule has 0 saturated carbocycles. The highest BCUT2D eigenvalue weighted by Gasteiger charge is 2.24. The summed E-state index contributed by atoms with van der Waals surface area (Å²) in [7, 11) is 1.65. The minimum Gasteiger partial charge on any atom is -0.382 e. The van der Waals surface area contributed by atoms with Gasteiger partial charge in [-0.25, -0.2) is 4.79 Å². The summed E-state index contributed by atoms with van der Waals surface area (Å²) in [6, 6.07) is 4.36. The standard InChI is InChI=1S/C15H24N2O3S/c1-11(8-14-5-4-12(2)21-14)16-15(18)17-6-7-20-13(9-17)10-19-3/h4-5,11,13H,6-10H2,1-3H3,(H,16,18)/t11-,13+/m1/s1. The van der Waals surface area contributed by atoms with E-state index in [1.165, 1.54) is 9.75 Å². The van der Waals surface area contributed by atoms with Crippen LogP contribution in [0.4, 0.5) is 4.79 Å². The van der Waals surface area contributed by atoms with Crippen LogP contribution in [0.5, 0.6) is 0 Å². The average molecular weight is 312 g/mol. The summed E-state index contributed by atoms with van der Waals surface area (Å²) in [6.45, 7) is 6.45. The van der Waals surface area contributed by atoms with E-state index in [0.717, 1.165) is 6.42 Å².